The summed E-state index contributed by atoms with van der Waals surface area (Å²) in [5.41, 5.74) is 0.874. The van der Waals surface area contributed by atoms with Crippen molar-refractivity contribution in [2.45, 2.75) is 19.9 Å². The summed E-state index contributed by atoms with van der Waals surface area (Å²) >= 11 is 3.13. The van der Waals surface area contributed by atoms with E-state index in [0.29, 0.717) is 23.5 Å². The van der Waals surface area contributed by atoms with Gasteiger partial charge in [0.25, 0.3) is 0 Å². The molecule has 0 aliphatic carbocycles. The van der Waals surface area contributed by atoms with Crippen molar-refractivity contribution in [1.82, 2.24) is 4.90 Å². The molecule has 1 aliphatic rings. The Morgan fingerprint density at radius 3 is 2.89 bits per heavy atom. The van der Waals surface area contributed by atoms with E-state index in [1.54, 1.807) is 6.07 Å². The van der Waals surface area contributed by atoms with Crippen molar-refractivity contribution in [3.8, 4) is 0 Å². The van der Waals surface area contributed by atoms with Gasteiger partial charge in [0.15, 0.2) is 0 Å². The van der Waals surface area contributed by atoms with Gasteiger partial charge in [-0.2, -0.15) is 0 Å². The molecular weight excluding hydrogens is 313 g/mol. The van der Waals surface area contributed by atoms with Crippen LogP contribution in [0.1, 0.15) is 18.9 Å². The second kappa shape index (κ2) is 6.01. The predicted octanol–water partition coefficient (Wildman–Crippen LogP) is 3.13. The second-order valence-corrected chi connectivity index (χ2v) is 6.17. The lowest BCUT2D eigenvalue weighted by Crippen LogP contribution is -2.41. The van der Waals surface area contributed by atoms with Crippen molar-refractivity contribution in [3.63, 3.8) is 0 Å². The normalized spacial score (nSPS) is 24.4. The molecule has 1 aromatic carbocycles. The van der Waals surface area contributed by atoms with Crippen LogP contribution in [-0.2, 0) is 11.3 Å². The first-order chi connectivity index (χ1) is 8.95. The van der Waals surface area contributed by atoms with Gasteiger partial charge in [0.1, 0.15) is 5.82 Å². The fraction of sp³-hybridized carbons (Fsp3) is 0.500. The highest BCUT2D eigenvalue weighted by molar-refractivity contribution is 9.10. The number of benzene rings is 1. The van der Waals surface area contributed by atoms with Crippen molar-refractivity contribution in [1.29, 1.82) is 0 Å². The Morgan fingerprint density at radius 1 is 1.53 bits per heavy atom. The third-order valence-electron chi connectivity index (χ3n) is 3.47. The zero-order chi connectivity index (χ0) is 14.0. The summed E-state index contributed by atoms with van der Waals surface area (Å²) in [6, 6.07) is 5.05. The van der Waals surface area contributed by atoms with Crippen molar-refractivity contribution in [2.24, 2.45) is 11.8 Å². The van der Waals surface area contributed by atoms with E-state index in [4.69, 9.17) is 5.11 Å². The summed E-state index contributed by atoms with van der Waals surface area (Å²) in [6.07, 6.45) is 0.723. The molecule has 104 valence electrons. The summed E-state index contributed by atoms with van der Waals surface area (Å²) in [6.45, 7) is 4.06. The Hall–Kier alpha value is -0.940. The molecule has 1 aliphatic heterocycles. The van der Waals surface area contributed by atoms with Crippen molar-refractivity contribution < 1.29 is 14.3 Å². The molecule has 1 heterocycles. The van der Waals surface area contributed by atoms with Gasteiger partial charge in [-0.25, -0.2) is 4.39 Å². The van der Waals surface area contributed by atoms with Gasteiger partial charge in [-0.05, 0) is 46.0 Å². The van der Waals surface area contributed by atoms with Gasteiger partial charge in [0, 0.05) is 19.6 Å². The van der Waals surface area contributed by atoms with E-state index < -0.39 is 5.97 Å². The predicted molar refractivity (Wildman–Crippen MR) is 74.3 cm³/mol. The van der Waals surface area contributed by atoms with Crippen LogP contribution in [0.25, 0.3) is 0 Å². The Bertz CT molecular complexity index is 481. The van der Waals surface area contributed by atoms with Crippen LogP contribution in [-0.4, -0.2) is 29.1 Å². The number of carbonyl (C=O) groups is 1. The fourth-order valence-electron chi connectivity index (χ4n) is 2.67. The Morgan fingerprint density at radius 2 is 2.26 bits per heavy atom. The van der Waals surface area contributed by atoms with Gasteiger partial charge in [0.2, 0.25) is 0 Å². The summed E-state index contributed by atoms with van der Waals surface area (Å²) in [4.78, 5) is 13.2. The molecule has 1 fully saturated rings. The average Bonchev–Trinajstić information content (AvgIpc) is 2.33. The molecule has 2 atom stereocenters. The fourth-order valence-corrected chi connectivity index (χ4v) is 2.91. The lowest BCUT2D eigenvalue weighted by molar-refractivity contribution is -0.144. The van der Waals surface area contributed by atoms with Gasteiger partial charge in [0.05, 0.1) is 10.4 Å². The molecule has 0 radical (unpaired) electrons. The minimum atomic E-state index is -0.737. The maximum Gasteiger partial charge on any atom is 0.307 e. The molecule has 1 aromatic rings. The van der Waals surface area contributed by atoms with E-state index >= 15 is 0 Å². The number of hydrogen-bond acceptors (Lipinski definition) is 2. The number of likely N-dealkylation sites (tertiary alicyclic amines) is 1. The Balaban J connectivity index is 2.05. The molecule has 19 heavy (non-hydrogen) atoms. The molecule has 0 bridgehead atoms. The molecule has 2 rings (SSSR count). The third kappa shape index (κ3) is 3.76. The number of aliphatic carboxylic acids is 1. The van der Waals surface area contributed by atoms with Crippen LogP contribution >= 0.6 is 15.9 Å². The van der Waals surface area contributed by atoms with Gasteiger partial charge < -0.3 is 5.11 Å². The molecule has 0 spiro atoms. The van der Waals surface area contributed by atoms with Crippen LogP contribution in [0.15, 0.2) is 22.7 Å². The van der Waals surface area contributed by atoms with Crippen LogP contribution in [0, 0.1) is 17.7 Å². The maximum atomic E-state index is 13.5. The lowest BCUT2D eigenvalue weighted by Gasteiger charge is -2.34. The number of carboxylic acid groups (broad SMARTS) is 1. The number of nitrogens with zero attached hydrogens (tertiary/aromatic N) is 1. The minimum absolute atomic E-state index is 0.280. The zero-order valence-electron chi connectivity index (χ0n) is 10.8. The molecule has 1 saturated heterocycles. The summed E-state index contributed by atoms with van der Waals surface area (Å²) < 4.78 is 13.9. The molecule has 3 nitrogen and oxygen atoms in total. The highest BCUT2D eigenvalue weighted by atomic mass is 79.9. The van der Waals surface area contributed by atoms with Crippen LogP contribution in [0.4, 0.5) is 4.39 Å². The number of hydrogen-bond donors (Lipinski definition) is 1. The van der Waals surface area contributed by atoms with Crippen LogP contribution in [0.5, 0.6) is 0 Å². The molecule has 1 N–H and O–H groups in total. The van der Waals surface area contributed by atoms with E-state index in [2.05, 4.69) is 27.8 Å². The smallest absolute Gasteiger partial charge is 0.307 e. The molecule has 0 aromatic heterocycles. The topological polar surface area (TPSA) is 40.5 Å². The highest BCUT2D eigenvalue weighted by Crippen LogP contribution is 2.24. The van der Waals surface area contributed by atoms with E-state index in [1.807, 2.05) is 6.07 Å². The number of piperidine rings is 1. The monoisotopic (exact) mass is 329 g/mol. The SMILES string of the molecule is CC1CC(C(=O)O)CN(Cc2ccc(Br)c(F)c2)C1. The van der Waals surface area contributed by atoms with E-state index in [0.717, 1.165) is 18.5 Å². The van der Waals surface area contributed by atoms with Crippen LogP contribution < -0.4 is 0 Å². The quantitative estimate of drug-likeness (QED) is 0.926. The first-order valence-corrected chi connectivity index (χ1v) is 7.14. The first kappa shape index (κ1) is 14.5. The number of rotatable bonds is 3. The van der Waals surface area contributed by atoms with Gasteiger partial charge in [-0.15, -0.1) is 0 Å². The summed E-state index contributed by atoms with van der Waals surface area (Å²) in [5.74, 6) is -0.977. The maximum absolute atomic E-state index is 13.5. The van der Waals surface area contributed by atoms with Gasteiger partial charge >= 0.3 is 5.97 Å². The lowest BCUT2D eigenvalue weighted by atomic mass is 9.90. The number of carboxylic acids is 1. The van der Waals surface area contributed by atoms with Crippen molar-refractivity contribution >= 4 is 21.9 Å². The summed E-state index contributed by atoms with van der Waals surface area (Å²) in [5, 5.41) is 9.13. The van der Waals surface area contributed by atoms with E-state index in [1.165, 1.54) is 6.07 Å². The molecule has 0 saturated carbocycles. The molecule has 0 amide bonds. The minimum Gasteiger partial charge on any atom is -0.481 e. The highest BCUT2D eigenvalue weighted by Gasteiger charge is 2.29. The molecule has 5 heteroatoms. The van der Waals surface area contributed by atoms with E-state index in [9.17, 15) is 9.18 Å². The van der Waals surface area contributed by atoms with Crippen molar-refractivity contribution in [3.05, 3.63) is 34.1 Å². The first-order valence-electron chi connectivity index (χ1n) is 6.34. The Labute approximate surface area is 120 Å². The zero-order valence-corrected chi connectivity index (χ0v) is 12.4. The van der Waals surface area contributed by atoms with Crippen molar-refractivity contribution in [2.75, 3.05) is 13.1 Å². The van der Waals surface area contributed by atoms with E-state index in [-0.39, 0.29) is 11.7 Å². The average molecular weight is 330 g/mol. The standard InChI is InChI=1S/C14H17BrFNO2/c1-9-4-11(14(18)19)8-17(6-9)7-10-2-3-12(15)13(16)5-10/h2-3,5,9,11H,4,6-8H2,1H3,(H,18,19). The largest absolute Gasteiger partial charge is 0.481 e. The van der Waals surface area contributed by atoms with Crippen LogP contribution in [0.3, 0.4) is 0 Å². The summed E-state index contributed by atoms with van der Waals surface area (Å²) in [7, 11) is 0. The number of halogens is 2. The second-order valence-electron chi connectivity index (χ2n) is 5.32. The third-order valence-corrected chi connectivity index (χ3v) is 4.12. The van der Waals surface area contributed by atoms with Gasteiger partial charge in [-0.1, -0.05) is 13.0 Å². The van der Waals surface area contributed by atoms with Gasteiger partial charge in [-0.3, -0.25) is 9.69 Å². The Kier molecular flexibility index (Phi) is 4.58. The van der Waals surface area contributed by atoms with Crippen LogP contribution in [0.2, 0.25) is 0 Å². The molecule has 2 unspecified atom stereocenters. The molecular formula is C14H17BrFNO2.